The van der Waals surface area contributed by atoms with Crippen LogP contribution >= 0.6 is 0 Å². The largest absolute Gasteiger partial charge is 0.347 e. The number of piperazine rings is 1. The standard InChI is InChI=1S/C18H26FN3/c1-3-22-14-15(17-13-16(19)6-7-18(17)22)5-4-8-21-11-9-20(2)10-12-21/h6-7,13-14H,3-5,8-12H2,1-2H3. The zero-order chi connectivity index (χ0) is 15.5. The number of likely N-dealkylation sites (N-methyl/N-ethyl adjacent to an activating group) is 1. The molecule has 0 saturated carbocycles. The van der Waals surface area contributed by atoms with Crippen LogP contribution in [0.25, 0.3) is 10.9 Å². The fraction of sp³-hybridized carbons (Fsp3) is 0.556. The molecule has 0 radical (unpaired) electrons. The van der Waals surface area contributed by atoms with E-state index in [1.807, 2.05) is 6.07 Å². The summed E-state index contributed by atoms with van der Waals surface area (Å²) < 4.78 is 15.8. The van der Waals surface area contributed by atoms with Gasteiger partial charge in [-0.25, -0.2) is 4.39 Å². The van der Waals surface area contributed by atoms with Gasteiger partial charge in [0.05, 0.1) is 0 Å². The van der Waals surface area contributed by atoms with E-state index in [9.17, 15) is 4.39 Å². The van der Waals surface area contributed by atoms with Gasteiger partial charge in [-0.2, -0.15) is 0 Å². The number of hydrogen-bond donors (Lipinski definition) is 0. The lowest BCUT2D eigenvalue weighted by molar-refractivity contribution is 0.153. The van der Waals surface area contributed by atoms with Crippen molar-refractivity contribution in [1.82, 2.24) is 14.4 Å². The van der Waals surface area contributed by atoms with Crippen molar-refractivity contribution in [1.29, 1.82) is 0 Å². The lowest BCUT2D eigenvalue weighted by Gasteiger charge is -2.32. The Hall–Kier alpha value is -1.39. The Balaban J connectivity index is 1.65. The van der Waals surface area contributed by atoms with Gasteiger partial charge in [-0.1, -0.05) is 0 Å². The molecule has 120 valence electrons. The van der Waals surface area contributed by atoms with E-state index in [1.54, 1.807) is 12.1 Å². The number of aromatic nitrogens is 1. The van der Waals surface area contributed by atoms with Gasteiger partial charge < -0.3 is 14.4 Å². The molecule has 1 aliphatic rings. The van der Waals surface area contributed by atoms with E-state index in [1.165, 1.54) is 31.7 Å². The Labute approximate surface area is 132 Å². The maximum Gasteiger partial charge on any atom is 0.123 e. The van der Waals surface area contributed by atoms with Crippen LogP contribution in [-0.4, -0.2) is 54.1 Å². The third-order valence-corrected chi connectivity index (χ3v) is 4.78. The SMILES string of the molecule is CCn1cc(CCCN2CCN(C)CC2)c2cc(F)ccc21. The number of rotatable bonds is 5. The molecule has 0 unspecified atom stereocenters. The average Bonchev–Trinajstić information content (AvgIpc) is 2.86. The minimum Gasteiger partial charge on any atom is -0.347 e. The van der Waals surface area contributed by atoms with Crippen molar-refractivity contribution in [2.24, 2.45) is 0 Å². The molecule has 3 rings (SSSR count). The highest BCUT2D eigenvalue weighted by molar-refractivity contribution is 5.84. The molecule has 1 fully saturated rings. The van der Waals surface area contributed by atoms with Crippen LogP contribution in [0.5, 0.6) is 0 Å². The summed E-state index contributed by atoms with van der Waals surface area (Å²) >= 11 is 0. The molecule has 1 saturated heterocycles. The summed E-state index contributed by atoms with van der Waals surface area (Å²) in [6.07, 6.45) is 4.37. The fourth-order valence-electron chi connectivity index (χ4n) is 3.37. The molecule has 1 aromatic carbocycles. The molecule has 0 spiro atoms. The molecular formula is C18H26FN3. The van der Waals surface area contributed by atoms with E-state index in [4.69, 9.17) is 0 Å². The third kappa shape index (κ3) is 3.33. The van der Waals surface area contributed by atoms with Gasteiger partial charge in [0.2, 0.25) is 0 Å². The summed E-state index contributed by atoms with van der Waals surface area (Å²) in [6, 6.07) is 5.15. The molecule has 1 aromatic heterocycles. The first-order valence-corrected chi connectivity index (χ1v) is 8.35. The van der Waals surface area contributed by atoms with E-state index in [0.29, 0.717) is 0 Å². The minimum absolute atomic E-state index is 0.137. The zero-order valence-corrected chi connectivity index (χ0v) is 13.7. The molecule has 4 heteroatoms. The van der Waals surface area contributed by atoms with Crippen molar-refractivity contribution in [2.45, 2.75) is 26.3 Å². The highest BCUT2D eigenvalue weighted by atomic mass is 19.1. The molecule has 0 N–H and O–H groups in total. The Kier molecular flexibility index (Phi) is 4.79. The molecule has 0 aliphatic carbocycles. The molecule has 3 nitrogen and oxygen atoms in total. The Bertz CT molecular complexity index is 627. The number of hydrogen-bond acceptors (Lipinski definition) is 2. The molecule has 22 heavy (non-hydrogen) atoms. The van der Waals surface area contributed by atoms with Crippen molar-refractivity contribution in [2.75, 3.05) is 39.8 Å². The molecular weight excluding hydrogens is 277 g/mol. The first-order valence-electron chi connectivity index (χ1n) is 8.35. The summed E-state index contributed by atoms with van der Waals surface area (Å²) in [5.74, 6) is -0.137. The minimum atomic E-state index is -0.137. The Morgan fingerprint density at radius 2 is 1.91 bits per heavy atom. The quantitative estimate of drug-likeness (QED) is 0.841. The monoisotopic (exact) mass is 303 g/mol. The van der Waals surface area contributed by atoms with Gasteiger partial charge in [0.15, 0.2) is 0 Å². The van der Waals surface area contributed by atoms with Crippen molar-refractivity contribution in [3.63, 3.8) is 0 Å². The summed E-state index contributed by atoms with van der Waals surface area (Å²) in [5.41, 5.74) is 2.43. The maximum atomic E-state index is 13.6. The lowest BCUT2D eigenvalue weighted by atomic mass is 10.1. The van der Waals surface area contributed by atoms with E-state index in [0.717, 1.165) is 36.8 Å². The lowest BCUT2D eigenvalue weighted by Crippen LogP contribution is -2.44. The van der Waals surface area contributed by atoms with E-state index < -0.39 is 0 Å². The van der Waals surface area contributed by atoms with Gasteiger partial charge in [-0.3, -0.25) is 0 Å². The maximum absolute atomic E-state index is 13.6. The average molecular weight is 303 g/mol. The van der Waals surface area contributed by atoms with Crippen LogP contribution in [0, 0.1) is 5.82 Å². The first kappa shape index (κ1) is 15.5. The molecule has 0 amide bonds. The predicted molar refractivity (Wildman–Crippen MR) is 89.8 cm³/mol. The second-order valence-electron chi connectivity index (χ2n) is 6.35. The van der Waals surface area contributed by atoms with Gasteiger partial charge in [0.1, 0.15) is 5.82 Å². The fourth-order valence-corrected chi connectivity index (χ4v) is 3.37. The summed E-state index contributed by atoms with van der Waals surface area (Å²) in [5, 5.41) is 1.08. The smallest absolute Gasteiger partial charge is 0.123 e. The normalized spacial score (nSPS) is 17.4. The number of benzene rings is 1. The summed E-state index contributed by atoms with van der Waals surface area (Å²) in [7, 11) is 2.19. The predicted octanol–water partition coefficient (Wildman–Crippen LogP) is 2.98. The highest BCUT2D eigenvalue weighted by Crippen LogP contribution is 2.24. The van der Waals surface area contributed by atoms with Crippen LogP contribution in [0.1, 0.15) is 18.9 Å². The number of nitrogens with zero attached hydrogens (tertiary/aromatic N) is 3. The van der Waals surface area contributed by atoms with Gasteiger partial charge in [0, 0.05) is 49.8 Å². The van der Waals surface area contributed by atoms with Crippen molar-refractivity contribution in [3.05, 3.63) is 35.8 Å². The van der Waals surface area contributed by atoms with Crippen LogP contribution in [0.3, 0.4) is 0 Å². The van der Waals surface area contributed by atoms with Crippen LogP contribution in [-0.2, 0) is 13.0 Å². The first-order chi connectivity index (χ1) is 10.7. The Morgan fingerprint density at radius 3 is 2.64 bits per heavy atom. The summed E-state index contributed by atoms with van der Waals surface area (Å²) in [4.78, 5) is 4.92. The molecule has 2 aromatic rings. The number of aryl methyl sites for hydroxylation is 2. The molecule has 1 aliphatic heterocycles. The Morgan fingerprint density at radius 1 is 1.14 bits per heavy atom. The second-order valence-corrected chi connectivity index (χ2v) is 6.35. The van der Waals surface area contributed by atoms with E-state index >= 15 is 0 Å². The van der Waals surface area contributed by atoms with Crippen LogP contribution in [0.15, 0.2) is 24.4 Å². The van der Waals surface area contributed by atoms with Gasteiger partial charge >= 0.3 is 0 Å². The number of fused-ring (bicyclic) bond motifs is 1. The van der Waals surface area contributed by atoms with Gasteiger partial charge in [0.25, 0.3) is 0 Å². The van der Waals surface area contributed by atoms with Crippen LogP contribution in [0.4, 0.5) is 4.39 Å². The summed E-state index contributed by atoms with van der Waals surface area (Å²) in [6.45, 7) is 8.88. The van der Waals surface area contributed by atoms with E-state index in [-0.39, 0.29) is 5.82 Å². The van der Waals surface area contributed by atoms with Crippen molar-refractivity contribution < 1.29 is 4.39 Å². The van der Waals surface area contributed by atoms with Crippen molar-refractivity contribution >= 4 is 10.9 Å². The van der Waals surface area contributed by atoms with Gasteiger partial charge in [-0.15, -0.1) is 0 Å². The van der Waals surface area contributed by atoms with Gasteiger partial charge in [-0.05, 0) is 57.1 Å². The van der Waals surface area contributed by atoms with Crippen LogP contribution < -0.4 is 0 Å². The second kappa shape index (κ2) is 6.80. The van der Waals surface area contributed by atoms with Crippen molar-refractivity contribution in [3.8, 4) is 0 Å². The third-order valence-electron chi connectivity index (χ3n) is 4.78. The zero-order valence-electron chi connectivity index (χ0n) is 13.7. The highest BCUT2D eigenvalue weighted by Gasteiger charge is 2.14. The molecule has 2 heterocycles. The topological polar surface area (TPSA) is 11.4 Å². The number of halogens is 1. The molecule has 0 bridgehead atoms. The van der Waals surface area contributed by atoms with Crippen LogP contribution in [0.2, 0.25) is 0 Å². The van der Waals surface area contributed by atoms with E-state index in [2.05, 4.69) is 34.5 Å². The molecule has 0 atom stereocenters.